The lowest BCUT2D eigenvalue weighted by Crippen LogP contribution is -2.51. The summed E-state index contributed by atoms with van der Waals surface area (Å²) in [6.07, 6.45) is 18.5. The van der Waals surface area contributed by atoms with Crippen molar-refractivity contribution in [2.24, 2.45) is 17.8 Å². The normalized spacial score (nSPS) is 27.8. The van der Waals surface area contributed by atoms with Gasteiger partial charge in [-0.25, -0.2) is 0 Å². The number of fused-ring (bicyclic) bond motifs is 1. The molecule has 0 saturated carbocycles. The fourth-order valence-corrected chi connectivity index (χ4v) is 8.34. The number of nitrogens with zero attached hydrogens (tertiary/aromatic N) is 2. The second-order valence-corrected chi connectivity index (χ2v) is 12.9. The maximum atomic E-state index is 13.8. The molecule has 5 aliphatic carbocycles. The number of allylic oxidation sites excluding steroid dienone is 9. The fraction of sp³-hybridized carbons (Fsp3) is 0.500. The van der Waals surface area contributed by atoms with E-state index in [1.807, 2.05) is 30.4 Å². The van der Waals surface area contributed by atoms with Crippen LogP contribution >= 0.6 is 0 Å². The van der Waals surface area contributed by atoms with E-state index in [-0.39, 0.29) is 41.1 Å². The lowest BCUT2D eigenvalue weighted by Gasteiger charge is -2.49. The molecule has 0 aromatic heterocycles. The molecule has 3 unspecified atom stereocenters. The second kappa shape index (κ2) is 10.7. The van der Waals surface area contributed by atoms with Crippen LogP contribution in [-0.2, 0) is 19.2 Å². The molecule has 218 valence electrons. The van der Waals surface area contributed by atoms with Gasteiger partial charge in [0, 0.05) is 43.1 Å². The van der Waals surface area contributed by atoms with Gasteiger partial charge in [0.05, 0.1) is 11.8 Å². The van der Waals surface area contributed by atoms with Crippen LogP contribution in [0.25, 0.3) is 0 Å². The van der Waals surface area contributed by atoms with Crippen molar-refractivity contribution in [3.05, 3.63) is 80.5 Å². The molecule has 42 heavy (non-hydrogen) atoms. The Kier molecular flexibility index (Phi) is 7.00. The van der Waals surface area contributed by atoms with E-state index in [1.54, 1.807) is 0 Å². The Morgan fingerprint density at radius 1 is 0.786 bits per heavy atom. The number of carbonyl (C=O) groups is 4. The van der Waals surface area contributed by atoms with Gasteiger partial charge in [0.25, 0.3) is 11.8 Å². The van der Waals surface area contributed by atoms with E-state index >= 15 is 0 Å². The van der Waals surface area contributed by atoms with Crippen molar-refractivity contribution in [1.29, 1.82) is 0 Å². The molecule has 3 atom stereocenters. The Hall–Kier alpha value is -3.38. The van der Waals surface area contributed by atoms with E-state index in [9.17, 15) is 19.2 Å². The highest BCUT2D eigenvalue weighted by atomic mass is 16.2. The Balaban J connectivity index is 1.28. The molecule has 7 rings (SSSR count). The zero-order valence-corrected chi connectivity index (χ0v) is 24.8. The average molecular weight is 565 g/mol. The first-order valence-electron chi connectivity index (χ1n) is 16.1. The van der Waals surface area contributed by atoms with Crippen LogP contribution < -0.4 is 0 Å². The molecule has 1 fully saturated rings. The highest BCUT2D eigenvalue weighted by Crippen LogP contribution is 2.58. The van der Waals surface area contributed by atoms with Crippen LogP contribution in [0.15, 0.2) is 80.5 Å². The third-order valence-corrected chi connectivity index (χ3v) is 10.4. The summed E-state index contributed by atoms with van der Waals surface area (Å²) in [6.45, 7) is 7.07. The Bertz CT molecular complexity index is 1530. The van der Waals surface area contributed by atoms with Crippen molar-refractivity contribution < 1.29 is 19.2 Å². The molecule has 2 amide bonds. The van der Waals surface area contributed by atoms with Crippen LogP contribution in [0.3, 0.4) is 0 Å². The third kappa shape index (κ3) is 4.09. The summed E-state index contributed by atoms with van der Waals surface area (Å²) >= 11 is 0. The molecular formula is C36H40N2O4. The second-order valence-electron chi connectivity index (χ2n) is 12.9. The third-order valence-electron chi connectivity index (χ3n) is 10.4. The Morgan fingerprint density at radius 3 is 2.29 bits per heavy atom. The molecule has 0 aromatic carbocycles. The number of carbonyl (C=O) groups excluding carboxylic acids is 4. The van der Waals surface area contributed by atoms with Crippen LogP contribution in [-0.4, -0.2) is 59.4 Å². The van der Waals surface area contributed by atoms with Gasteiger partial charge < -0.3 is 4.90 Å². The smallest absolute Gasteiger partial charge is 0.261 e. The van der Waals surface area contributed by atoms with E-state index in [1.165, 1.54) is 24.2 Å². The number of hydrogen-bond donors (Lipinski definition) is 0. The topological polar surface area (TPSA) is 74.8 Å². The number of imide groups is 1. The zero-order chi connectivity index (χ0) is 29.1. The molecule has 7 aliphatic rings. The van der Waals surface area contributed by atoms with Gasteiger partial charge in [-0.2, -0.15) is 0 Å². The lowest BCUT2D eigenvalue weighted by atomic mass is 9.56. The standard InChI is InChI=1S/C36H40N2O4/c1-3-5-7-9-15-37-19-27-29(39)17-25-21-11-13-23-32-24(36(42)38(35(23)41)16-10-8-6-4-2)14-12-22(31(21)32)26-18-30(40)28(20-37)34(27)33(25)26/h11-14,17,27-28,31H,3-10,15-16,18-20H2,1-2H3. The number of rotatable bonds is 10. The molecule has 2 heterocycles. The summed E-state index contributed by atoms with van der Waals surface area (Å²) in [5.41, 5.74) is 7.94. The van der Waals surface area contributed by atoms with E-state index in [0.29, 0.717) is 37.2 Å². The van der Waals surface area contributed by atoms with Gasteiger partial charge in [-0.15, -0.1) is 0 Å². The first-order chi connectivity index (χ1) is 20.4. The Labute approximate surface area is 248 Å². The summed E-state index contributed by atoms with van der Waals surface area (Å²) in [5, 5.41) is 0. The van der Waals surface area contributed by atoms with E-state index in [4.69, 9.17) is 0 Å². The maximum absolute atomic E-state index is 13.8. The lowest BCUT2D eigenvalue weighted by molar-refractivity contribution is -0.140. The average Bonchev–Trinajstić information content (AvgIpc) is 2.99. The number of Topliss-reactive ketones (excluding diaryl/α,β-unsaturated/α-hetero) is 1. The summed E-state index contributed by atoms with van der Waals surface area (Å²) in [7, 11) is 0. The molecule has 0 radical (unpaired) electrons. The molecule has 0 aromatic rings. The number of likely N-dealkylation sites (tertiary alicyclic amines) is 1. The molecule has 0 spiro atoms. The summed E-state index contributed by atoms with van der Waals surface area (Å²) in [4.78, 5) is 58.6. The van der Waals surface area contributed by atoms with Crippen molar-refractivity contribution >= 4 is 23.4 Å². The highest BCUT2D eigenvalue weighted by Gasteiger charge is 2.52. The molecule has 6 nitrogen and oxygen atoms in total. The van der Waals surface area contributed by atoms with Crippen molar-refractivity contribution in [3.63, 3.8) is 0 Å². The minimum absolute atomic E-state index is 0.0785. The van der Waals surface area contributed by atoms with Crippen LogP contribution in [0.1, 0.15) is 71.6 Å². The SMILES string of the molecule is CCCCCCN1CC2C(=O)C=C3C4=CC=C5C(=O)N(CCCCCC)C(=O)C6=C5C4C(=C4CC(=O)C(C1)C2=C34)C=C6. The predicted octanol–water partition coefficient (Wildman–Crippen LogP) is 5.50. The zero-order valence-electron chi connectivity index (χ0n) is 24.8. The van der Waals surface area contributed by atoms with Crippen LogP contribution in [0.4, 0.5) is 0 Å². The first-order valence-corrected chi connectivity index (χ1v) is 16.1. The number of piperidine rings is 1. The van der Waals surface area contributed by atoms with Crippen molar-refractivity contribution in [1.82, 2.24) is 9.80 Å². The van der Waals surface area contributed by atoms with Gasteiger partial charge in [0.15, 0.2) is 5.78 Å². The number of hydrogen-bond acceptors (Lipinski definition) is 5. The monoisotopic (exact) mass is 564 g/mol. The van der Waals surface area contributed by atoms with Gasteiger partial charge in [-0.05, 0) is 76.6 Å². The molecule has 0 bridgehead atoms. The van der Waals surface area contributed by atoms with Crippen molar-refractivity contribution in [2.45, 2.75) is 71.6 Å². The minimum Gasteiger partial charge on any atom is -0.301 e. The fourth-order valence-electron chi connectivity index (χ4n) is 8.34. The number of ketones is 2. The predicted molar refractivity (Wildman–Crippen MR) is 161 cm³/mol. The largest absolute Gasteiger partial charge is 0.301 e. The van der Waals surface area contributed by atoms with E-state index in [2.05, 4.69) is 18.7 Å². The molecule has 6 heteroatoms. The quantitative estimate of drug-likeness (QED) is 0.259. The van der Waals surface area contributed by atoms with Crippen LogP contribution in [0.5, 0.6) is 0 Å². The Morgan fingerprint density at radius 2 is 1.52 bits per heavy atom. The van der Waals surface area contributed by atoms with Crippen molar-refractivity contribution in [3.8, 4) is 0 Å². The van der Waals surface area contributed by atoms with Gasteiger partial charge in [0.1, 0.15) is 5.78 Å². The van der Waals surface area contributed by atoms with E-state index < -0.39 is 0 Å². The maximum Gasteiger partial charge on any atom is 0.261 e. The van der Waals surface area contributed by atoms with Gasteiger partial charge >= 0.3 is 0 Å². The molecular weight excluding hydrogens is 524 g/mol. The summed E-state index contributed by atoms with van der Waals surface area (Å²) in [5.74, 6) is -0.997. The molecule has 1 saturated heterocycles. The van der Waals surface area contributed by atoms with E-state index in [0.717, 1.165) is 77.7 Å². The van der Waals surface area contributed by atoms with Gasteiger partial charge in [-0.1, -0.05) is 64.5 Å². The molecule has 2 aliphatic heterocycles. The molecule has 0 N–H and O–H groups in total. The number of amides is 2. The summed E-state index contributed by atoms with van der Waals surface area (Å²) < 4.78 is 0. The highest BCUT2D eigenvalue weighted by molar-refractivity contribution is 6.19. The van der Waals surface area contributed by atoms with Gasteiger partial charge in [-0.3, -0.25) is 24.1 Å². The number of unbranched alkanes of at least 4 members (excludes halogenated alkanes) is 6. The van der Waals surface area contributed by atoms with Crippen LogP contribution in [0, 0.1) is 17.8 Å². The minimum atomic E-state index is -0.293. The first kappa shape index (κ1) is 27.5. The summed E-state index contributed by atoms with van der Waals surface area (Å²) in [6, 6.07) is 0. The van der Waals surface area contributed by atoms with Gasteiger partial charge in [0.2, 0.25) is 0 Å². The van der Waals surface area contributed by atoms with Crippen LogP contribution in [0.2, 0.25) is 0 Å². The van der Waals surface area contributed by atoms with Crippen molar-refractivity contribution in [2.75, 3.05) is 26.2 Å².